The molecule has 11 rings (SSSR count). The first-order chi connectivity index (χ1) is 46.3. The van der Waals surface area contributed by atoms with E-state index >= 15 is 0 Å². The van der Waals surface area contributed by atoms with E-state index in [0.717, 1.165) is 55.4 Å². The summed E-state index contributed by atoms with van der Waals surface area (Å²) in [6, 6.07) is 35.9. The molecule has 552 valence electrons. The van der Waals surface area contributed by atoms with Crippen molar-refractivity contribution in [1.29, 1.82) is 0 Å². The second-order valence-electron chi connectivity index (χ2n) is 18.1. The maximum atomic E-state index is 5.10. The Balaban J connectivity index is -0.0000000882. The van der Waals surface area contributed by atoms with Gasteiger partial charge in [0.2, 0.25) is 0 Å². The van der Waals surface area contributed by atoms with Crippen molar-refractivity contribution in [1.82, 2.24) is 35.1 Å². The van der Waals surface area contributed by atoms with E-state index in [-0.39, 0.29) is 0 Å². The number of likely N-dealkylation sites (N-methyl/N-ethyl adjacent to an activating group) is 1. The number of aromatic nitrogens is 5. The molecule has 95 heavy (non-hydrogen) atoms. The van der Waals surface area contributed by atoms with E-state index in [4.69, 9.17) is 9.15 Å². The summed E-state index contributed by atoms with van der Waals surface area (Å²) in [6.07, 6.45) is 22.6. The lowest BCUT2D eigenvalue weighted by Crippen LogP contribution is -2.32. The van der Waals surface area contributed by atoms with Gasteiger partial charge in [-0.15, -0.1) is 11.3 Å². The van der Waals surface area contributed by atoms with E-state index in [1.807, 2.05) is 272 Å². The number of aromatic amines is 1. The van der Waals surface area contributed by atoms with Gasteiger partial charge in [0.25, 0.3) is 0 Å². The molecule has 0 amide bonds. The van der Waals surface area contributed by atoms with Crippen LogP contribution < -0.4 is 5.32 Å². The molecular formula is C84H157N7O2S2. The quantitative estimate of drug-likeness (QED) is 0.155. The third-order valence-electron chi connectivity index (χ3n) is 10.8. The van der Waals surface area contributed by atoms with Gasteiger partial charge in [0.15, 0.2) is 0 Å². The number of benzene rings is 1. The largest absolute Gasteiger partial charge is 0.470 e. The number of furan rings is 1. The van der Waals surface area contributed by atoms with Gasteiger partial charge in [0.1, 0.15) is 11.6 Å². The Kier molecular flexibility index (Phi) is 132. The molecular weight excluding hydrogens is 1200 g/mol. The molecule has 9 nitrogen and oxygen atoms in total. The van der Waals surface area contributed by atoms with Crippen LogP contribution in [0.25, 0.3) is 0 Å². The van der Waals surface area contributed by atoms with Crippen molar-refractivity contribution in [2.24, 2.45) is 11.8 Å². The molecule has 3 aliphatic rings. The number of piperidine rings is 1. The van der Waals surface area contributed by atoms with E-state index in [1.54, 1.807) is 59.8 Å². The number of morpholine rings is 1. The van der Waals surface area contributed by atoms with Crippen LogP contribution in [-0.2, 0) is 4.74 Å². The van der Waals surface area contributed by atoms with E-state index in [2.05, 4.69) is 123 Å². The topological polar surface area (TPSA) is 105 Å². The zero-order chi connectivity index (χ0) is 75.4. The van der Waals surface area contributed by atoms with Crippen LogP contribution in [0.4, 0.5) is 0 Å². The number of nitrogens with one attached hydrogen (secondary N) is 2. The molecule has 2 saturated heterocycles. The number of aryl methyl sites for hydroxylation is 8. The van der Waals surface area contributed by atoms with Crippen molar-refractivity contribution in [3.05, 3.63) is 213 Å². The lowest BCUT2D eigenvalue weighted by molar-refractivity contribution is 0.0503. The number of pyridine rings is 2. The van der Waals surface area contributed by atoms with Crippen LogP contribution in [0.2, 0.25) is 0 Å². The van der Waals surface area contributed by atoms with Crippen LogP contribution in [0.15, 0.2) is 173 Å². The number of hydrogen-bond donors (Lipinski definition) is 2. The summed E-state index contributed by atoms with van der Waals surface area (Å²) in [5.74, 6) is 3.80. The minimum atomic E-state index is 0.822. The molecule has 0 unspecified atom stereocenters. The van der Waals surface area contributed by atoms with Gasteiger partial charge in [-0.25, -0.2) is 9.97 Å². The van der Waals surface area contributed by atoms with Gasteiger partial charge < -0.3 is 24.4 Å². The standard InChI is InChI=1S/C7H14.C7H8.C6H13N.2C6H7N.C5H6N2.C5H11NO.C5H7N.C5H6O.2C5H6S.11C2H6/c2*1-7-5-3-2-4-6-7;1-6-2-4-7-5-3-6;1-6-3-2-4-7-5-6;1-6-4-2-3-5-7-6;1-5-6-3-2-4-7-5;1-6-2-4-7-5-3-6;2*1-5-3-2-4-6-5;1-5-2-3-6-4-5;1-5-3-2-4-6-5;11*1-2/h7H,2-6H2,1H3;2-6H,1H3;6-7H,2-5H2,1H3;2*2-5H,1H3;2-4H,1H3;2-5H2,1H3;2-4,6H,1H3;3*2-4H,1H3;11*1-2H3. The number of nitrogens with zero attached hydrogens (tertiary/aromatic N) is 5. The second-order valence-corrected chi connectivity index (χ2v) is 20.1. The molecule has 2 N–H and O–H groups in total. The molecule has 0 radical (unpaired) electrons. The minimum Gasteiger partial charge on any atom is -0.470 e. The van der Waals surface area contributed by atoms with Gasteiger partial charge in [0.05, 0.1) is 19.5 Å². The van der Waals surface area contributed by atoms with Crippen molar-refractivity contribution in [2.75, 3.05) is 46.4 Å². The van der Waals surface area contributed by atoms with Crippen molar-refractivity contribution >= 4 is 22.7 Å². The predicted octanol–water partition coefficient (Wildman–Crippen LogP) is 27.4. The summed E-state index contributed by atoms with van der Waals surface area (Å²) in [6.45, 7) is 71.3. The van der Waals surface area contributed by atoms with E-state index < -0.39 is 0 Å². The van der Waals surface area contributed by atoms with E-state index in [0.29, 0.717) is 0 Å². The Hall–Kier alpha value is -5.56. The predicted molar refractivity (Wildman–Crippen MR) is 440 cm³/mol. The number of rotatable bonds is 0. The van der Waals surface area contributed by atoms with Crippen molar-refractivity contribution in [3.8, 4) is 0 Å². The van der Waals surface area contributed by atoms with Gasteiger partial charge in [-0.1, -0.05) is 252 Å². The monoisotopic (exact) mass is 1360 g/mol. The van der Waals surface area contributed by atoms with Crippen molar-refractivity contribution < 1.29 is 9.15 Å². The highest BCUT2D eigenvalue weighted by Gasteiger charge is 2.06. The van der Waals surface area contributed by atoms with Crippen molar-refractivity contribution in [3.63, 3.8) is 0 Å². The van der Waals surface area contributed by atoms with Gasteiger partial charge in [-0.05, 0) is 188 Å². The lowest BCUT2D eigenvalue weighted by atomic mass is 9.91. The molecule has 8 aromatic rings. The average molecular weight is 1360 g/mol. The number of thiophene rings is 2. The van der Waals surface area contributed by atoms with E-state index in [9.17, 15) is 0 Å². The molecule has 1 aromatic carbocycles. The Morgan fingerprint density at radius 3 is 1.15 bits per heavy atom. The fourth-order valence-corrected chi connectivity index (χ4v) is 7.40. The molecule has 9 heterocycles. The van der Waals surface area contributed by atoms with Crippen LogP contribution in [0.5, 0.6) is 0 Å². The number of ether oxygens (including phenoxy) is 1. The zero-order valence-corrected chi connectivity index (χ0v) is 70.0. The van der Waals surface area contributed by atoms with Crippen LogP contribution in [-0.4, -0.2) is 76.3 Å². The molecule has 11 heteroatoms. The summed E-state index contributed by atoms with van der Waals surface area (Å²) in [5, 5.41) is 9.60. The van der Waals surface area contributed by atoms with Gasteiger partial charge in [-0.2, -0.15) is 11.3 Å². The third kappa shape index (κ3) is 107. The first kappa shape index (κ1) is 114. The first-order valence-electron chi connectivity index (χ1n) is 36.9. The fraction of sp³-hybridized carbons (Fsp3) is 0.571. The SMILES string of the molecule is CC.CC.CC.CC.CC.CC.CC.CC.CC.CC.CC.CC1CCCCC1.CC1CCNCC1.CN1CCOCC1.Cc1ccc[nH]1.Cc1ccccc1.Cc1ccccn1.Cc1cccnc1.Cc1ccco1.Cc1cccs1.Cc1ccsc1.Cc1ncccn1. The van der Waals surface area contributed by atoms with Gasteiger partial charge >= 0.3 is 0 Å². The molecule has 3 fully saturated rings. The summed E-state index contributed by atoms with van der Waals surface area (Å²) >= 11 is 3.52. The Morgan fingerprint density at radius 2 is 0.958 bits per heavy atom. The molecule has 7 aromatic heterocycles. The highest BCUT2D eigenvalue weighted by Crippen LogP contribution is 2.22. The molecule has 2 aliphatic heterocycles. The fourth-order valence-electron chi connectivity index (χ4n) is 6.21. The van der Waals surface area contributed by atoms with Crippen molar-refractivity contribution in [2.45, 2.75) is 267 Å². The summed E-state index contributed by atoms with van der Waals surface area (Å²) in [5.41, 5.74) is 6.18. The maximum Gasteiger partial charge on any atom is 0.125 e. The highest BCUT2D eigenvalue weighted by molar-refractivity contribution is 7.09. The third-order valence-corrected chi connectivity index (χ3v) is 12.4. The van der Waals surface area contributed by atoms with Crippen LogP contribution in [0, 0.1) is 67.2 Å². The minimum absolute atomic E-state index is 0.822. The molecule has 1 saturated carbocycles. The molecule has 0 spiro atoms. The smallest absolute Gasteiger partial charge is 0.125 e. The highest BCUT2D eigenvalue weighted by atomic mass is 32.1. The number of hydrogen-bond acceptors (Lipinski definition) is 10. The van der Waals surface area contributed by atoms with E-state index in [1.165, 1.54) is 85.3 Å². The molecule has 0 atom stereocenters. The normalized spacial score (nSPS) is 11.1. The maximum absolute atomic E-state index is 5.10. The Bertz CT molecular complexity index is 1920. The molecule has 0 bridgehead atoms. The summed E-state index contributed by atoms with van der Waals surface area (Å²) < 4.78 is 9.93. The van der Waals surface area contributed by atoms with Gasteiger partial charge in [0, 0.05) is 66.5 Å². The van der Waals surface area contributed by atoms with Crippen LogP contribution >= 0.6 is 22.7 Å². The zero-order valence-electron chi connectivity index (χ0n) is 68.4. The number of H-pyrrole nitrogens is 1. The summed E-state index contributed by atoms with van der Waals surface area (Å²) in [4.78, 5) is 22.3. The second kappa shape index (κ2) is 110. The van der Waals surface area contributed by atoms with Gasteiger partial charge in [-0.3, -0.25) is 9.97 Å². The van der Waals surface area contributed by atoms with Crippen LogP contribution in [0.1, 0.15) is 256 Å². The van der Waals surface area contributed by atoms with Crippen LogP contribution in [0.3, 0.4) is 0 Å². The molecule has 1 aliphatic carbocycles. The lowest BCUT2D eigenvalue weighted by Gasteiger charge is -2.21. The first-order valence-corrected chi connectivity index (χ1v) is 38.7. The Labute approximate surface area is 601 Å². The summed E-state index contributed by atoms with van der Waals surface area (Å²) in [7, 11) is 2.11. The average Bonchev–Trinajstić information content (AvgIpc) is 4.68. The Morgan fingerprint density at radius 1 is 0.453 bits per heavy atom.